The Morgan fingerprint density at radius 3 is 2.29 bits per heavy atom. The summed E-state index contributed by atoms with van der Waals surface area (Å²) in [5.74, 6) is 0.394. The van der Waals surface area contributed by atoms with Crippen LogP contribution in [0.2, 0.25) is 0 Å². The van der Waals surface area contributed by atoms with Gasteiger partial charge in [0.05, 0.1) is 30.5 Å². The van der Waals surface area contributed by atoms with Crippen molar-refractivity contribution < 1.29 is 23.8 Å². The number of hydrogen-bond acceptors (Lipinski definition) is 5. The molecule has 0 radical (unpaired) electrons. The van der Waals surface area contributed by atoms with Crippen LogP contribution in [0.1, 0.15) is 36.6 Å². The van der Waals surface area contributed by atoms with Crippen LogP contribution in [0.4, 0.5) is 4.79 Å². The Balaban J connectivity index is 1.84. The average molecular weight is 473 g/mol. The van der Waals surface area contributed by atoms with Crippen LogP contribution in [0, 0.1) is 0 Å². The smallest absolute Gasteiger partial charge is 0.338 e. The molecule has 2 N–H and O–H groups in total. The number of ether oxygens (including phenoxy) is 3. The number of benzene rings is 3. The Morgan fingerprint density at radius 2 is 1.63 bits per heavy atom. The number of esters is 1. The first-order chi connectivity index (χ1) is 17.0. The van der Waals surface area contributed by atoms with E-state index in [0.717, 1.165) is 5.56 Å². The molecule has 2 amide bonds. The molecule has 35 heavy (non-hydrogen) atoms. The van der Waals surface area contributed by atoms with E-state index in [9.17, 15) is 9.59 Å². The molecule has 7 nitrogen and oxygen atoms in total. The van der Waals surface area contributed by atoms with Gasteiger partial charge in [-0.1, -0.05) is 72.8 Å². The van der Waals surface area contributed by atoms with Crippen molar-refractivity contribution in [3.8, 4) is 11.5 Å². The van der Waals surface area contributed by atoms with E-state index in [1.807, 2.05) is 66.7 Å². The molecule has 0 aromatic heterocycles. The van der Waals surface area contributed by atoms with Crippen molar-refractivity contribution in [2.45, 2.75) is 32.6 Å². The zero-order valence-corrected chi connectivity index (χ0v) is 19.9. The van der Waals surface area contributed by atoms with Gasteiger partial charge in [-0.3, -0.25) is 0 Å². The molecule has 1 atom stereocenters. The van der Waals surface area contributed by atoms with Gasteiger partial charge in [-0.05, 0) is 31.0 Å². The topological polar surface area (TPSA) is 85.9 Å². The fourth-order valence-electron chi connectivity index (χ4n) is 3.93. The molecule has 1 aliphatic heterocycles. The van der Waals surface area contributed by atoms with Crippen LogP contribution >= 0.6 is 0 Å². The molecule has 180 valence electrons. The lowest BCUT2D eigenvalue weighted by Crippen LogP contribution is -2.45. The van der Waals surface area contributed by atoms with Gasteiger partial charge in [0.1, 0.15) is 6.61 Å². The van der Waals surface area contributed by atoms with E-state index >= 15 is 0 Å². The number of carbonyl (C=O) groups is 2. The Bertz CT molecular complexity index is 1220. The van der Waals surface area contributed by atoms with Crippen molar-refractivity contribution >= 4 is 17.7 Å². The van der Waals surface area contributed by atoms with Crippen LogP contribution in [-0.4, -0.2) is 25.2 Å². The molecule has 3 aromatic rings. The molecular formula is C28H28N2O5. The zero-order chi connectivity index (χ0) is 24.8. The van der Waals surface area contributed by atoms with Gasteiger partial charge in [0, 0.05) is 5.56 Å². The largest absolute Gasteiger partial charge is 0.493 e. The number of amides is 2. The van der Waals surface area contributed by atoms with E-state index < -0.39 is 18.0 Å². The minimum absolute atomic E-state index is 0.280. The molecule has 0 saturated heterocycles. The van der Waals surface area contributed by atoms with Crippen LogP contribution in [0.5, 0.6) is 11.5 Å². The average Bonchev–Trinajstić information content (AvgIpc) is 2.87. The van der Waals surface area contributed by atoms with Crippen LogP contribution in [-0.2, 0) is 16.1 Å². The molecule has 3 aromatic carbocycles. The minimum Gasteiger partial charge on any atom is -0.493 e. The summed E-state index contributed by atoms with van der Waals surface area (Å²) in [6.45, 7) is 3.85. The van der Waals surface area contributed by atoms with Crippen LogP contribution in [0.25, 0.3) is 5.70 Å². The van der Waals surface area contributed by atoms with Gasteiger partial charge in [0.15, 0.2) is 11.5 Å². The van der Waals surface area contributed by atoms with Crippen molar-refractivity contribution in [1.29, 1.82) is 0 Å². The number of hydrogen-bond donors (Lipinski definition) is 2. The molecule has 0 fully saturated rings. The fourth-order valence-corrected chi connectivity index (χ4v) is 3.93. The molecule has 1 aliphatic rings. The van der Waals surface area contributed by atoms with E-state index in [-0.39, 0.29) is 18.3 Å². The highest BCUT2D eigenvalue weighted by Crippen LogP contribution is 2.41. The number of urea groups is 1. The van der Waals surface area contributed by atoms with Gasteiger partial charge in [-0.25, -0.2) is 9.59 Å². The molecule has 0 saturated carbocycles. The lowest BCUT2D eigenvalue weighted by Gasteiger charge is -2.31. The van der Waals surface area contributed by atoms with E-state index in [1.54, 1.807) is 33.1 Å². The summed E-state index contributed by atoms with van der Waals surface area (Å²) in [7, 11) is 1.55. The zero-order valence-electron chi connectivity index (χ0n) is 19.9. The fraction of sp³-hybridized carbons (Fsp3) is 0.214. The molecule has 1 unspecified atom stereocenters. The summed E-state index contributed by atoms with van der Waals surface area (Å²) < 4.78 is 17.4. The summed E-state index contributed by atoms with van der Waals surface area (Å²) in [4.78, 5) is 26.2. The second-order valence-electron chi connectivity index (χ2n) is 8.29. The highest BCUT2D eigenvalue weighted by atomic mass is 16.5. The Hall–Kier alpha value is -4.26. The Morgan fingerprint density at radius 1 is 0.943 bits per heavy atom. The summed E-state index contributed by atoms with van der Waals surface area (Å²) >= 11 is 0. The highest BCUT2D eigenvalue weighted by Gasteiger charge is 2.37. The van der Waals surface area contributed by atoms with Gasteiger partial charge in [0.25, 0.3) is 0 Å². The first kappa shape index (κ1) is 23.9. The van der Waals surface area contributed by atoms with E-state index in [2.05, 4.69) is 10.6 Å². The molecule has 0 spiro atoms. The van der Waals surface area contributed by atoms with Crippen LogP contribution in [0.3, 0.4) is 0 Å². The summed E-state index contributed by atoms with van der Waals surface area (Å²) in [5, 5.41) is 5.68. The number of rotatable bonds is 8. The Labute approximate surface area is 204 Å². The Kier molecular flexibility index (Phi) is 7.35. The minimum atomic E-state index is -0.828. The lowest BCUT2D eigenvalue weighted by molar-refractivity contribution is -0.143. The molecular weight excluding hydrogens is 444 g/mol. The maximum absolute atomic E-state index is 13.4. The molecule has 0 bridgehead atoms. The second kappa shape index (κ2) is 10.8. The predicted octanol–water partition coefficient (Wildman–Crippen LogP) is 4.99. The van der Waals surface area contributed by atoms with Gasteiger partial charge in [-0.15, -0.1) is 0 Å². The van der Waals surface area contributed by atoms with Gasteiger partial charge in [-0.2, -0.15) is 0 Å². The third-order valence-electron chi connectivity index (χ3n) is 5.46. The number of nitrogens with one attached hydrogen (secondary N) is 2. The van der Waals surface area contributed by atoms with Gasteiger partial charge in [0.2, 0.25) is 0 Å². The monoisotopic (exact) mass is 472 g/mol. The maximum Gasteiger partial charge on any atom is 0.338 e. The second-order valence-corrected chi connectivity index (χ2v) is 8.29. The predicted molar refractivity (Wildman–Crippen MR) is 133 cm³/mol. The summed E-state index contributed by atoms with van der Waals surface area (Å²) in [6, 6.07) is 23.1. The standard InChI is InChI=1S/C28H28N2O5/c1-18(2)35-27(31)23-24(20-13-8-5-9-14-20)29-28(32)30-25(23)21-15-10-16-22(33-3)26(21)34-17-19-11-6-4-7-12-19/h4-16,18,25H,17H2,1-3H3,(H2,29,30,32). The maximum atomic E-state index is 13.4. The number of para-hydroxylation sites is 1. The molecule has 4 rings (SSSR count). The van der Waals surface area contributed by atoms with E-state index in [4.69, 9.17) is 14.2 Å². The first-order valence-electron chi connectivity index (χ1n) is 11.4. The third-order valence-corrected chi connectivity index (χ3v) is 5.46. The summed E-state index contributed by atoms with van der Waals surface area (Å²) in [6.07, 6.45) is -0.343. The van der Waals surface area contributed by atoms with Crippen LogP contribution < -0.4 is 20.1 Å². The van der Waals surface area contributed by atoms with Crippen molar-refractivity contribution in [3.05, 3.63) is 101 Å². The summed E-state index contributed by atoms with van der Waals surface area (Å²) in [5.41, 5.74) is 2.92. The normalized spacial score (nSPS) is 15.3. The van der Waals surface area contributed by atoms with Crippen molar-refractivity contribution in [2.75, 3.05) is 7.11 Å². The van der Waals surface area contributed by atoms with Gasteiger partial charge < -0.3 is 24.8 Å². The van der Waals surface area contributed by atoms with E-state index in [1.165, 1.54) is 0 Å². The quantitative estimate of drug-likeness (QED) is 0.451. The van der Waals surface area contributed by atoms with Crippen molar-refractivity contribution in [3.63, 3.8) is 0 Å². The molecule has 7 heteroatoms. The third kappa shape index (κ3) is 5.46. The highest BCUT2D eigenvalue weighted by molar-refractivity contribution is 6.04. The van der Waals surface area contributed by atoms with E-state index in [0.29, 0.717) is 28.3 Å². The van der Waals surface area contributed by atoms with Crippen molar-refractivity contribution in [2.24, 2.45) is 0 Å². The van der Waals surface area contributed by atoms with Gasteiger partial charge >= 0.3 is 12.0 Å². The lowest BCUT2D eigenvalue weighted by atomic mass is 9.91. The number of methoxy groups -OCH3 is 1. The SMILES string of the molecule is COc1cccc(C2NC(=O)NC(c3ccccc3)=C2C(=O)OC(C)C)c1OCc1ccccc1. The molecule has 0 aliphatic carbocycles. The van der Waals surface area contributed by atoms with Crippen LogP contribution in [0.15, 0.2) is 84.4 Å². The first-order valence-corrected chi connectivity index (χ1v) is 11.4. The number of carbonyl (C=O) groups excluding carboxylic acids is 2. The molecule has 1 heterocycles. The van der Waals surface area contributed by atoms with Crippen molar-refractivity contribution in [1.82, 2.24) is 10.6 Å².